The summed E-state index contributed by atoms with van der Waals surface area (Å²) in [5.41, 5.74) is 7.95. The predicted octanol–water partition coefficient (Wildman–Crippen LogP) is 1.96. The van der Waals surface area contributed by atoms with E-state index < -0.39 is 0 Å². The van der Waals surface area contributed by atoms with Crippen LogP contribution in [0.1, 0.15) is 30.3 Å². The maximum Gasteiger partial charge on any atom is 0.267 e. The zero-order valence-electron chi connectivity index (χ0n) is 12.5. The molecule has 5 heteroatoms. The summed E-state index contributed by atoms with van der Waals surface area (Å²) in [5, 5.41) is 3.95. The van der Waals surface area contributed by atoms with Crippen molar-refractivity contribution in [2.75, 3.05) is 19.3 Å². The van der Waals surface area contributed by atoms with Crippen molar-refractivity contribution in [2.24, 2.45) is 0 Å². The molecular weight excluding hydrogens is 264 g/mol. The molecular formula is C16H22N4O. The number of H-pyrrole nitrogens is 1. The fourth-order valence-electron chi connectivity index (χ4n) is 2.62. The number of amides is 1. The lowest BCUT2D eigenvalue weighted by molar-refractivity contribution is 0.0935. The molecule has 4 N–H and O–H groups in total. The molecule has 2 aromatic rings. The SMILES string of the molecule is CC(CNC(=O)c1cc2cccc(N)c2[nH]1)N(C)C1CC1. The first kappa shape index (κ1) is 13.9. The molecule has 1 aliphatic carbocycles. The van der Waals surface area contributed by atoms with Crippen LogP contribution in [0.3, 0.4) is 0 Å². The van der Waals surface area contributed by atoms with Crippen molar-refractivity contribution in [3.8, 4) is 0 Å². The number of nitrogens with zero attached hydrogens (tertiary/aromatic N) is 1. The minimum absolute atomic E-state index is 0.0818. The quantitative estimate of drug-likeness (QED) is 0.736. The van der Waals surface area contributed by atoms with Crippen molar-refractivity contribution in [1.82, 2.24) is 15.2 Å². The molecule has 0 radical (unpaired) electrons. The van der Waals surface area contributed by atoms with Crippen LogP contribution >= 0.6 is 0 Å². The highest BCUT2D eigenvalue weighted by Gasteiger charge is 2.29. The number of nitrogens with one attached hydrogen (secondary N) is 2. The number of aromatic nitrogens is 1. The van der Waals surface area contributed by atoms with Crippen molar-refractivity contribution in [2.45, 2.75) is 31.8 Å². The first-order chi connectivity index (χ1) is 10.1. The van der Waals surface area contributed by atoms with Gasteiger partial charge in [-0.15, -0.1) is 0 Å². The van der Waals surface area contributed by atoms with Crippen molar-refractivity contribution < 1.29 is 4.79 Å². The third kappa shape index (κ3) is 2.88. The van der Waals surface area contributed by atoms with Gasteiger partial charge >= 0.3 is 0 Å². The van der Waals surface area contributed by atoms with Gasteiger partial charge in [0, 0.05) is 24.0 Å². The highest BCUT2D eigenvalue weighted by molar-refractivity contribution is 6.00. The molecule has 21 heavy (non-hydrogen) atoms. The number of hydrogen-bond donors (Lipinski definition) is 3. The highest BCUT2D eigenvalue weighted by Crippen LogP contribution is 2.26. The van der Waals surface area contributed by atoms with Crippen LogP contribution in [0.5, 0.6) is 0 Å². The Labute approximate surface area is 124 Å². The van der Waals surface area contributed by atoms with Crippen LogP contribution in [-0.2, 0) is 0 Å². The lowest BCUT2D eigenvalue weighted by Crippen LogP contribution is -2.41. The fourth-order valence-corrected chi connectivity index (χ4v) is 2.62. The van der Waals surface area contributed by atoms with E-state index in [2.05, 4.69) is 29.2 Å². The number of rotatable bonds is 5. The summed E-state index contributed by atoms with van der Waals surface area (Å²) in [6.45, 7) is 2.79. The molecule has 1 unspecified atom stereocenters. The number of aromatic amines is 1. The zero-order valence-corrected chi connectivity index (χ0v) is 12.5. The molecule has 1 aromatic carbocycles. The second-order valence-corrected chi connectivity index (χ2v) is 5.95. The summed E-state index contributed by atoms with van der Waals surface area (Å²) in [5.74, 6) is -0.0818. The van der Waals surface area contributed by atoms with Crippen molar-refractivity contribution >= 4 is 22.5 Å². The Morgan fingerprint density at radius 1 is 1.52 bits per heavy atom. The fraction of sp³-hybridized carbons (Fsp3) is 0.438. The molecule has 1 saturated carbocycles. The normalized spacial score (nSPS) is 16.3. The van der Waals surface area contributed by atoms with Gasteiger partial charge in [0.05, 0.1) is 11.2 Å². The largest absolute Gasteiger partial charge is 0.397 e. The molecule has 0 saturated heterocycles. The maximum atomic E-state index is 12.2. The molecule has 3 rings (SSSR count). The summed E-state index contributed by atoms with van der Waals surface area (Å²) in [7, 11) is 2.12. The molecule has 112 valence electrons. The summed E-state index contributed by atoms with van der Waals surface area (Å²) in [4.78, 5) is 17.7. The van der Waals surface area contributed by atoms with E-state index in [0.717, 1.165) is 10.9 Å². The number of hydrogen-bond acceptors (Lipinski definition) is 3. The van der Waals surface area contributed by atoms with Crippen molar-refractivity contribution in [3.05, 3.63) is 30.0 Å². The van der Waals surface area contributed by atoms with Gasteiger partial charge < -0.3 is 16.0 Å². The number of fused-ring (bicyclic) bond motifs is 1. The summed E-state index contributed by atoms with van der Waals surface area (Å²) < 4.78 is 0. The van der Waals surface area contributed by atoms with E-state index in [1.165, 1.54) is 12.8 Å². The Morgan fingerprint density at radius 2 is 2.29 bits per heavy atom. The minimum atomic E-state index is -0.0818. The van der Waals surface area contributed by atoms with Gasteiger partial charge in [0.25, 0.3) is 5.91 Å². The molecule has 1 atom stereocenters. The van der Waals surface area contributed by atoms with Crippen LogP contribution in [0, 0.1) is 0 Å². The average molecular weight is 286 g/mol. The highest BCUT2D eigenvalue weighted by atomic mass is 16.1. The summed E-state index contributed by atoms with van der Waals surface area (Å²) in [6, 6.07) is 8.55. The molecule has 1 amide bonds. The predicted molar refractivity (Wildman–Crippen MR) is 85.3 cm³/mol. The first-order valence-electron chi connectivity index (χ1n) is 7.43. The third-order valence-corrected chi connectivity index (χ3v) is 4.31. The van der Waals surface area contributed by atoms with Crippen LogP contribution in [0.2, 0.25) is 0 Å². The van der Waals surface area contributed by atoms with E-state index >= 15 is 0 Å². The lowest BCUT2D eigenvalue weighted by Gasteiger charge is -2.24. The first-order valence-corrected chi connectivity index (χ1v) is 7.43. The van der Waals surface area contributed by atoms with Gasteiger partial charge in [-0.25, -0.2) is 0 Å². The van der Waals surface area contributed by atoms with E-state index in [0.29, 0.717) is 30.0 Å². The van der Waals surface area contributed by atoms with Gasteiger partial charge in [-0.3, -0.25) is 9.69 Å². The Bertz CT molecular complexity index is 659. The van der Waals surface area contributed by atoms with Gasteiger partial charge in [0.15, 0.2) is 0 Å². The van der Waals surface area contributed by atoms with E-state index in [1.54, 1.807) is 0 Å². The van der Waals surface area contributed by atoms with E-state index in [-0.39, 0.29) is 5.91 Å². The average Bonchev–Trinajstić information content (AvgIpc) is 3.22. The van der Waals surface area contributed by atoms with Gasteiger partial charge in [0.2, 0.25) is 0 Å². The van der Waals surface area contributed by atoms with Crippen LogP contribution in [-0.4, -0.2) is 41.5 Å². The molecule has 0 bridgehead atoms. The van der Waals surface area contributed by atoms with Gasteiger partial charge in [-0.05, 0) is 38.9 Å². The summed E-state index contributed by atoms with van der Waals surface area (Å²) in [6.07, 6.45) is 2.55. The Hall–Kier alpha value is -2.01. The number of para-hydroxylation sites is 1. The molecule has 5 nitrogen and oxygen atoms in total. The molecule has 1 aliphatic rings. The van der Waals surface area contributed by atoms with Crippen LogP contribution < -0.4 is 11.1 Å². The smallest absolute Gasteiger partial charge is 0.267 e. The van der Waals surface area contributed by atoms with Crippen molar-refractivity contribution in [3.63, 3.8) is 0 Å². The topological polar surface area (TPSA) is 74.1 Å². The van der Waals surface area contributed by atoms with E-state index in [9.17, 15) is 4.79 Å². The number of anilines is 1. The Kier molecular flexibility index (Phi) is 3.59. The van der Waals surface area contributed by atoms with Crippen LogP contribution in [0.4, 0.5) is 5.69 Å². The molecule has 1 heterocycles. The third-order valence-electron chi connectivity index (χ3n) is 4.31. The standard InChI is InChI=1S/C16H22N4O/c1-10(20(2)12-6-7-12)9-18-16(21)14-8-11-4-3-5-13(17)15(11)19-14/h3-5,8,10,12,19H,6-7,9,17H2,1-2H3,(H,18,21). The zero-order chi connectivity index (χ0) is 15.0. The van der Waals surface area contributed by atoms with Crippen molar-refractivity contribution in [1.29, 1.82) is 0 Å². The minimum Gasteiger partial charge on any atom is -0.397 e. The second kappa shape index (κ2) is 5.41. The molecule has 1 aromatic heterocycles. The van der Waals surface area contributed by atoms with Gasteiger partial charge in [-0.1, -0.05) is 12.1 Å². The lowest BCUT2D eigenvalue weighted by atomic mass is 10.2. The number of likely N-dealkylation sites (N-methyl/N-ethyl adjacent to an activating group) is 1. The van der Waals surface area contributed by atoms with Gasteiger partial charge in [-0.2, -0.15) is 0 Å². The molecule has 0 aliphatic heterocycles. The number of carbonyl (C=O) groups excluding carboxylic acids is 1. The van der Waals surface area contributed by atoms with Crippen LogP contribution in [0.15, 0.2) is 24.3 Å². The van der Waals surface area contributed by atoms with Gasteiger partial charge in [0.1, 0.15) is 5.69 Å². The number of nitrogens with two attached hydrogens (primary N) is 1. The van der Waals surface area contributed by atoms with Crippen LogP contribution in [0.25, 0.3) is 10.9 Å². The molecule has 0 spiro atoms. The number of carbonyl (C=O) groups is 1. The van der Waals surface area contributed by atoms with E-state index in [1.807, 2.05) is 24.3 Å². The number of nitrogen functional groups attached to an aromatic ring is 1. The second-order valence-electron chi connectivity index (χ2n) is 5.95. The maximum absolute atomic E-state index is 12.2. The summed E-state index contributed by atoms with van der Waals surface area (Å²) >= 11 is 0. The molecule has 1 fully saturated rings. The van der Waals surface area contributed by atoms with E-state index in [4.69, 9.17) is 5.73 Å². The Morgan fingerprint density at radius 3 is 2.95 bits per heavy atom. The number of benzene rings is 1. The Balaban J connectivity index is 1.65. The monoisotopic (exact) mass is 286 g/mol.